The molecule has 5 nitrogen and oxygen atoms in total. The van der Waals surface area contributed by atoms with Crippen LogP contribution in [0.25, 0.3) is 11.3 Å². The third-order valence-corrected chi connectivity index (χ3v) is 4.54. The smallest absolute Gasteiger partial charge is 0.220 e. The van der Waals surface area contributed by atoms with Crippen molar-refractivity contribution in [2.45, 2.75) is 38.6 Å². The van der Waals surface area contributed by atoms with E-state index >= 15 is 0 Å². The van der Waals surface area contributed by atoms with Gasteiger partial charge in [0.2, 0.25) is 5.91 Å². The second kappa shape index (κ2) is 8.11. The van der Waals surface area contributed by atoms with Gasteiger partial charge in [-0.05, 0) is 31.8 Å². The standard InChI is InChI=1S/C19H25N3O2/c1-14-12-20-11-10-16(14)22-18(23)8-5-9-19-21-13-17(24-19)15-6-3-2-4-7-15/h2-4,6-7,13-14,16,20H,5,8-12H2,1H3,(H,22,23). The molecule has 1 aromatic heterocycles. The van der Waals surface area contributed by atoms with Gasteiger partial charge in [0.25, 0.3) is 0 Å². The predicted octanol–water partition coefficient (Wildman–Crippen LogP) is 2.78. The van der Waals surface area contributed by atoms with Gasteiger partial charge in [0, 0.05) is 24.4 Å². The second-order valence-corrected chi connectivity index (χ2v) is 6.48. The van der Waals surface area contributed by atoms with Gasteiger partial charge in [-0.1, -0.05) is 37.3 Å². The number of hydrogen-bond acceptors (Lipinski definition) is 4. The number of piperidine rings is 1. The molecule has 1 aliphatic rings. The summed E-state index contributed by atoms with van der Waals surface area (Å²) in [6.07, 6.45) is 4.70. The highest BCUT2D eigenvalue weighted by molar-refractivity contribution is 5.76. The lowest BCUT2D eigenvalue weighted by molar-refractivity contribution is -0.122. The summed E-state index contributed by atoms with van der Waals surface area (Å²) in [4.78, 5) is 16.4. The lowest BCUT2D eigenvalue weighted by atomic mass is 9.95. The summed E-state index contributed by atoms with van der Waals surface area (Å²) in [5.74, 6) is 2.09. The van der Waals surface area contributed by atoms with Crippen LogP contribution < -0.4 is 10.6 Å². The molecule has 1 saturated heterocycles. The molecule has 1 amide bonds. The first kappa shape index (κ1) is 16.7. The Bertz CT molecular complexity index is 654. The average Bonchev–Trinajstić information content (AvgIpc) is 3.07. The van der Waals surface area contributed by atoms with Gasteiger partial charge in [-0.25, -0.2) is 4.98 Å². The van der Waals surface area contributed by atoms with E-state index in [0.29, 0.717) is 30.7 Å². The first-order valence-corrected chi connectivity index (χ1v) is 8.72. The molecule has 1 aliphatic heterocycles. The van der Waals surface area contributed by atoms with Gasteiger partial charge >= 0.3 is 0 Å². The Balaban J connectivity index is 1.43. The van der Waals surface area contributed by atoms with Crippen LogP contribution in [0, 0.1) is 5.92 Å². The maximum atomic E-state index is 12.1. The van der Waals surface area contributed by atoms with Crippen LogP contribution in [0.3, 0.4) is 0 Å². The largest absolute Gasteiger partial charge is 0.441 e. The number of nitrogens with zero attached hydrogens (tertiary/aromatic N) is 1. The van der Waals surface area contributed by atoms with E-state index in [-0.39, 0.29) is 5.91 Å². The van der Waals surface area contributed by atoms with Crippen molar-refractivity contribution >= 4 is 5.91 Å². The molecule has 0 aliphatic carbocycles. The first-order chi connectivity index (χ1) is 11.7. The lowest BCUT2D eigenvalue weighted by Crippen LogP contribution is -2.48. The Morgan fingerprint density at radius 2 is 2.21 bits per heavy atom. The molecule has 128 valence electrons. The zero-order chi connectivity index (χ0) is 16.8. The Morgan fingerprint density at radius 3 is 3.00 bits per heavy atom. The number of aryl methyl sites for hydroxylation is 1. The second-order valence-electron chi connectivity index (χ2n) is 6.48. The molecule has 2 heterocycles. The fraction of sp³-hybridized carbons (Fsp3) is 0.474. The fourth-order valence-electron chi connectivity index (χ4n) is 3.07. The molecule has 2 unspecified atom stereocenters. The quantitative estimate of drug-likeness (QED) is 0.856. The minimum absolute atomic E-state index is 0.128. The topological polar surface area (TPSA) is 67.2 Å². The zero-order valence-corrected chi connectivity index (χ0v) is 14.1. The molecule has 0 spiro atoms. The molecule has 5 heteroatoms. The Labute approximate surface area is 142 Å². The summed E-state index contributed by atoms with van der Waals surface area (Å²) in [5, 5.41) is 6.50. The van der Waals surface area contributed by atoms with E-state index in [1.54, 1.807) is 6.20 Å². The van der Waals surface area contributed by atoms with Crippen molar-refractivity contribution in [2.75, 3.05) is 13.1 Å². The molecule has 2 atom stereocenters. The fourth-order valence-corrected chi connectivity index (χ4v) is 3.07. The van der Waals surface area contributed by atoms with Gasteiger partial charge in [0.1, 0.15) is 0 Å². The summed E-state index contributed by atoms with van der Waals surface area (Å²) >= 11 is 0. The summed E-state index contributed by atoms with van der Waals surface area (Å²) in [7, 11) is 0. The van der Waals surface area contributed by atoms with Crippen molar-refractivity contribution in [3.05, 3.63) is 42.4 Å². The number of hydrogen-bond donors (Lipinski definition) is 2. The molecule has 3 rings (SSSR count). The summed E-state index contributed by atoms with van der Waals surface area (Å²) in [5.41, 5.74) is 1.02. The highest BCUT2D eigenvalue weighted by Crippen LogP contribution is 2.20. The average molecular weight is 327 g/mol. The van der Waals surface area contributed by atoms with Crippen LogP contribution in [-0.2, 0) is 11.2 Å². The summed E-state index contributed by atoms with van der Waals surface area (Å²) in [6.45, 7) is 4.13. The van der Waals surface area contributed by atoms with Crippen LogP contribution in [0.15, 0.2) is 40.9 Å². The van der Waals surface area contributed by atoms with Gasteiger partial charge < -0.3 is 15.1 Å². The molecule has 0 saturated carbocycles. The minimum atomic E-state index is 0.128. The molecular weight excluding hydrogens is 302 g/mol. The number of carbonyl (C=O) groups excluding carboxylic acids is 1. The first-order valence-electron chi connectivity index (χ1n) is 8.72. The van der Waals surface area contributed by atoms with Gasteiger partial charge in [0.15, 0.2) is 11.7 Å². The summed E-state index contributed by atoms with van der Waals surface area (Å²) in [6, 6.07) is 10.2. The Hall–Kier alpha value is -2.14. The van der Waals surface area contributed by atoms with E-state index in [0.717, 1.165) is 37.3 Å². The van der Waals surface area contributed by atoms with E-state index in [2.05, 4.69) is 22.5 Å². The van der Waals surface area contributed by atoms with E-state index in [1.165, 1.54) is 0 Å². The number of amides is 1. The summed E-state index contributed by atoms with van der Waals surface area (Å²) < 4.78 is 5.77. The van der Waals surface area contributed by atoms with E-state index in [4.69, 9.17) is 4.42 Å². The monoisotopic (exact) mass is 327 g/mol. The molecular formula is C19H25N3O2. The SMILES string of the molecule is CC1CNCCC1NC(=O)CCCc1ncc(-c2ccccc2)o1. The normalized spacial score (nSPS) is 20.7. The van der Waals surface area contributed by atoms with Crippen molar-refractivity contribution in [1.29, 1.82) is 0 Å². The lowest BCUT2D eigenvalue weighted by Gasteiger charge is -2.30. The highest BCUT2D eigenvalue weighted by Gasteiger charge is 2.22. The van der Waals surface area contributed by atoms with E-state index in [1.807, 2.05) is 30.3 Å². The number of nitrogens with one attached hydrogen (secondary N) is 2. The molecule has 2 N–H and O–H groups in total. The van der Waals surface area contributed by atoms with Crippen LogP contribution in [-0.4, -0.2) is 30.0 Å². The molecule has 1 fully saturated rings. The van der Waals surface area contributed by atoms with Crippen LogP contribution >= 0.6 is 0 Å². The van der Waals surface area contributed by atoms with Crippen LogP contribution in [0.5, 0.6) is 0 Å². The van der Waals surface area contributed by atoms with Crippen LogP contribution in [0.1, 0.15) is 32.1 Å². The van der Waals surface area contributed by atoms with E-state index in [9.17, 15) is 4.79 Å². The number of oxazole rings is 1. The number of aromatic nitrogens is 1. The van der Waals surface area contributed by atoms with Gasteiger partial charge in [-0.3, -0.25) is 4.79 Å². The highest BCUT2D eigenvalue weighted by atomic mass is 16.4. The molecule has 1 aromatic carbocycles. The molecule has 0 radical (unpaired) electrons. The van der Waals surface area contributed by atoms with Gasteiger partial charge in [0.05, 0.1) is 6.20 Å². The third-order valence-electron chi connectivity index (χ3n) is 4.54. The molecule has 0 bridgehead atoms. The van der Waals surface area contributed by atoms with Crippen molar-refractivity contribution in [1.82, 2.24) is 15.6 Å². The van der Waals surface area contributed by atoms with Gasteiger partial charge in [-0.2, -0.15) is 0 Å². The zero-order valence-electron chi connectivity index (χ0n) is 14.1. The molecule has 2 aromatic rings. The van der Waals surface area contributed by atoms with Crippen LogP contribution in [0.2, 0.25) is 0 Å². The Morgan fingerprint density at radius 1 is 1.38 bits per heavy atom. The van der Waals surface area contributed by atoms with Crippen molar-refractivity contribution < 1.29 is 9.21 Å². The van der Waals surface area contributed by atoms with Gasteiger partial charge in [-0.15, -0.1) is 0 Å². The predicted molar refractivity (Wildman–Crippen MR) is 93.5 cm³/mol. The number of carbonyl (C=O) groups is 1. The van der Waals surface area contributed by atoms with Crippen LogP contribution in [0.4, 0.5) is 0 Å². The molecule has 24 heavy (non-hydrogen) atoms. The number of rotatable bonds is 6. The van der Waals surface area contributed by atoms with Crippen molar-refractivity contribution in [3.63, 3.8) is 0 Å². The number of benzene rings is 1. The minimum Gasteiger partial charge on any atom is -0.441 e. The Kier molecular flexibility index (Phi) is 5.64. The van der Waals surface area contributed by atoms with Crippen molar-refractivity contribution in [3.8, 4) is 11.3 Å². The maximum absolute atomic E-state index is 12.1. The third kappa shape index (κ3) is 4.45. The maximum Gasteiger partial charge on any atom is 0.220 e. The van der Waals surface area contributed by atoms with Crippen molar-refractivity contribution in [2.24, 2.45) is 5.92 Å². The van der Waals surface area contributed by atoms with E-state index < -0.39 is 0 Å².